The second-order valence-corrected chi connectivity index (χ2v) is 21.9. The van der Waals surface area contributed by atoms with Gasteiger partial charge in [0.25, 0.3) is 0 Å². The first-order chi connectivity index (χ1) is 39.2. The summed E-state index contributed by atoms with van der Waals surface area (Å²) in [6.07, 6.45) is 75.8. The molecular formula is C68H113O11P. The van der Waals surface area contributed by atoms with Crippen LogP contribution in [0.2, 0.25) is 0 Å². The fourth-order valence-electron chi connectivity index (χ4n) is 8.13. The largest absolute Gasteiger partial charge is 0.472 e. The molecule has 0 aromatic heterocycles. The third kappa shape index (κ3) is 58.5. The van der Waals surface area contributed by atoms with E-state index in [0.29, 0.717) is 19.3 Å². The van der Waals surface area contributed by atoms with Gasteiger partial charge >= 0.3 is 25.7 Å². The van der Waals surface area contributed by atoms with E-state index in [2.05, 4.69) is 142 Å². The molecule has 0 bridgehead atoms. The lowest BCUT2D eigenvalue weighted by Crippen LogP contribution is -2.30. The lowest BCUT2D eigenvalue weighted by Gasteiger charge is -2.21. The van der Waals surface area contributed by atoms with Crippen molar-refractivity contribution in [1.82, 2.24) is 0 Å². The summed E-state index contributed by atoms with van der Waals surface area (Å²) in [5, 5.41) is 9.85. The molecule has 3 unspecified atom stereocenters. The van der Waals surface area contributed by atoms with Crippen molar-refractivity contribution in [2.75, 3.05) is 26.4 Å². The Labute approximate surface area is 487 Å². The molecule has 0 radical (unpaired) electrons. The minimum absolute atomic E-state index is 0.116. The molecule has 0 amide bonds. The molecule has 0 saturated carbocycles. The van der Waals surface area contributed by atoms with E-state index in [1.165, 1.54) is 64.2 Å². The van der Waals surface area contributed by atoms with E-state index >= 15 is 0 Å². The number of phosphoric acid groups is 1. The lowest BCUT2D eigenvalue weighted by atomic mass is 10.1. The van der Waals surface area contributed by atoms with Gasteiger partial charge in [0.15, 0.2) is 6.10 Å². The molecule has 11 nitrogen and oxygen atoms in total. The van der Waals surface area contributed by atoms with E-state index in [0.717, 1.165) is 128 Å². The third-order valence-electron chi connectivity index (χ3n) is 12.8. The van der Waals surface area contributed by atoms with Crippen LogP contribution in [0.15, 0.2) is 122 Å². The van der Waals surface area contributed by atoms with Crippen LogP contribution in [0, 0.1) is 0 Å². The highest BCUT2D eigenvalue weighted by atomic mass is 31.2. The Kier molecular flexibility index (Phi) is 57.8. The monoisotopic (exact) mass is 1140 g/mol. The number of unbranched alkanes of at least 4 members (excludes halogenated alkanes) is 20. The highest BCUT2D eigenvalue weighted by Gasteiger charge is 2.28. The van der Waals surface area contributed by atoms with Crippen molar-refractivity contribution in [2.45, 2.75) is 264 Å². The van der Waals surface area contributed by atoms with Crippen molar-refractivity contribution in [1.29, 1.82) is 0 Å². The summed E-state index contributed by atoms with van der Waals surface area (Å²) in [6, 6.07) is 0. The number of allylic oxidation sites excluding steroid dienone is 20. The van der Waals surface area contributed by atoms with Gasteiger partial charge in [0.05, 0.1) is 19.8 Å². The predicted molar refractivity (Wildman–Crippen MR) is 334 cm³/mol. The second kappa shape index (κ2) is 61.0. The Hall–Kier alpha value is -4.12. The van der Waals surface area contributed by atoms with E-state index in [9.17, 15) is 28.9 Å². The summed E-state index contributed by atoms with van der Waals surface area (Å²) in [5.74, 6) is -1.54. The van der Waals surface area contributed by atoms with Crippen molar-refractivity contribution >= 4 is 25.7 Å². The Balaban J connectivity index is 4.81. The number of phosphoric ester groups is 1. The maximum atomic E-state index is 12.9. The summed E-state index contributed by atoms with van der Waals surface area (Å²) >= 11 is 0. The number of esters is 3. The van der Waals surface area contributed by atoms with Crippen LogP contribution in [0.1, 0.15) is 252 Å². The van der Waals surface area contributed by atoms with Gasteiger partial charge in [-0.3, -0.25) is 23.4 Å². The number of hydrogen-bond donors (Lipinski definition) is 2. The van der Waals surface area contributed by atoms with Gasteiger partial charge in [-0.1, -0.05) is 226 Å². The third-order valence-corrected chi connectivity index (χ3v) is 13.8. The fourth-order valence-corrected chi connectivity index (χ4v) is 8.92. The van der Waals surface area contributed by atoms with Crippen LogP contribution in [0.4, 0.5) is 0 Å². The maximum Gasteiger partial charge on any atom is 0.472 e. The van der Waals surface area contributed by atoms with Crippen LogP contribution in [0.3, 0.4) is 0 Å². The average Bonchev–Trinajstić information content (AvgIpc) is 3.45. The van der Waals surface area contributed by atoms with E-state index in [1.54, 1.807) is 0 Å². The Morgan fingerprint density at radius 3 is 1.02 bits per heavy atom. The maximum absolute atomic E-state index is 12.9. The van der Waals surface area contributed by atoms with Crippen molar-refractivity contribution < 1.29 is 52.2 Å². The van der Waals surface area contributed by atoms with Gasteiger partial charge in [0, 0.05) is 19.3 Å². The van der Waals surface area contributed by atoms with Gasteiger partial charge < -0.3 is 24.2 Å². The van der Waals surface area contributed by atoms with E-state index in [4.69, 9.17) is 23.3 Å². The molecule has 0 spiro atoms. The quantitative estimate of drug-likeness (QED) is 0.0197. The molecule has 0 aliphatic carbocycles. The Morgan fingerprint density at radius 1 is 0.362 bits per heavy atom. The number of aliphatic hydroxyl groups is 1. The van der Waals surface area contributed by atoms with Crippen molar-refractivity contribution in [3.8, 4) is 0 Å². The van der Waals surface area contributed by atoms with Crippen LogP contribution in [-0.4, -0.2) is 66.5 Å². The molecule has 2 N–H and O–H groups in total. The van der Waals surface area contributed by atoms with E-state index in [1.807, 2.05) is 0 Å². The number of hydrogen-bond acceptors (Lipinski definition) is 10. The van der Waals surface area contributed by atoms with Crippen LogP contribution in [0.25, 0.3) is 0 Å². The molecule has 0 aliphatic rings. The van der Waals surface area contributed by atoms with E-state index in [-0.39, 0.29) is 25.9 Å². The first kappa shape index (κ1) is 75.9. The standard InChI is InChI=1S/C68H113O11P/c1-4-7-10-13-16-19-22-25-28-31-32-35-38-41-44-47-50-53-56-59-68(72)79-65(61-75-66(70)57-54-51-48-45-42-39-36-33-29-26-23-20-17-14-11-8-5-2)63-77-80(73,74)76-62-64(60-69)78-67(71)58-55-52-49-46-43-40-37-34-30-27-24-21-18-15-12-9-6-3/h7-8,10-11,16-17,19-20,25-30,32,35-36,39,41,44,64-65,69H,4-6,9,12-15,18,21-24,31,33-34,37-38,40,42-43,45-63H2,1-3H3,(H,73,74)/b10-7-,11-8-,19-16-,20-17-,28-25-,29-26-,30-27-,35-32-,39-36-,44-41-. The normalized spacial score (nSPS) is 14.1. The molecule has 80 heavy (non-hydrogen) atoms. The van der Waals surface area contributed by atoms with E-state index < -0.39 is 57.8 Å². The highest BCUT2D eigenvalue weighted by molar-refractivity contribution is 7.47. The predicted octanol–water partition coefficient (Wildman–Crippen LogP) is 19.1. The summed E-state index contributed by atoms with van der Waals surface area (Å²) in [6.45, 7) is 4.35. The fraction of sp³-hybridized carbons (Fsp3) is 0.662. The minimum Gasteiger partial charge on any atom is -0.462 e. The van der Waals surface area contributed by atoms with Gasteiger partial charge in [-0.25, -0.2) is 4.57 Å². The first-order valence-electron chi connectivity index (χ1n) is 31.4. The van der Waals surface area contributed by atoms with Crippen molar-refractivity contribution in [3.63, 3.8) is 0 Å². The molecule has 0 saturated heterocycles. The van der Waals surface area contributed by atoms with Gasteiger partial charge in [-0.2, -0.15) is 0 Å². The molecule has 3 atom stereocenters. The van der Waals surface area contributed by atoms with Gasteiger partial charge in [0.2, 0.25) is 0 Å². The van der Waals surface area contributed by atoms with Gasteiger partial charge in [-0.05, 0) is 128 Å². The smallest absolute Gasteiger partial charge is 0.462 e. The molecule has 0 aromatic rings. The molecule has 12 heteroatoms. The zero-order chi connectivity index (χ0) is 58.3. The average molecular weight is 1140 g/mol. The molecule has 456 valence electrons. The number of carbonyl (C=O) groups is 3. The lowest BCUT2D eigenvalue weighted by molar-refractivity contribution is -0.161. The Morgan fingerprint density at radius 2 is 0.650 bits per heavy atom. The molecule has 0 aromatic carbocycles. The number of ether oxygens (including phenoxy) is 3. The SMILES string of the molecule is CC/C=C\C/C=C\C/C=C\C/C=C\C/C=C\CCCCCC(=O)OC(COC(=O)CCCCCC/C=C\C/C=C\C/C=C\C/C=C\CC)COP(=O)(O)OCC(CO)OC(=O)CCCCCCCCC/C=C\CCCCCCCC. The van der Waals surface area contributed by atoms with Crippen LogP contribution < -0.4 is 0 Å². The highest BCUT2D eigenvalue weighted by Crippen LogP contribution is 2.43. The van der Waals surface area contributed by atoms with Crippen LogP contribution >= 0.6 is 7.82 Å². The summed E-state index contributed by atoms with van der Waals surface area (Å²) < 4.78 is 39.6. The van der Waals surface area contributed by atoms with Crippen molar-refractivity contribution in [3.05, 3.63) is 122 Å². The second-order valence-electron chi connectivity index (χ2n) is 20.5. The molecular weight excluding hydrogens is 1020 g/mol. The summed E-state index contributed by atoms with van der Waals surface area (Å²) in [4.78, 5) is 48.7. The number of rotatable bonds is 57. The zero-order valence-corrected chi connectivity index (χ0v) is 51.4. The summed E-state index contributed by atoms with van der Waals surface area (Å²) in [5.41, 5.74) is 0. The van der Waals surface area contributed by atoms with Crippen molar-refractivity contribution in [2.24, 2.45) is 0 Å². The molecule has 0 rings (SSSR count). The molecule has 0 aliphatic heterocycles. The first-order valence-corrected chi connectivity index (χ1v) is 32.9. The van der Waals surface area contributed by atoms with Gasteiger partial charge in [0.1, 0.15) is 12.7 Å². The summed E-state index contributed by atoms with van der Waals surface area (Å²) in [7, 11) is -4.78. The minimum atomic E-state index is -4.78. The molecule has 0 fully saturated rings. The van der Waals surface area contributed by atoms with Crippen LogP contribution in [0.5, 0.6) is 0 Å². The zero-order valence-electron chi connectivity index (χ0n) is 50.5. The molecule has 0 heterocycles. The van der Waals surface area contributed by atoms with Crippen LogP contribution in [-0.2, 0) is 42.2 Å². The number of aliphatic hydroxyl groups excluding tert-OH is 1. The van der Waals surface area contributed by atoms with Gasteiger partial charge in [-0.15, -0.1) is 0 Å². The number of carbonyl (C=O) groups excluding carboxylic acids is 3. The Bertz CT molecular complexity index is 1800. The topological polar surface area (TPSA) is 155 Å².